The minimum Gasteiger partial charge on any atom is -0.373 e. The fourth-order valence-electron chi connectivity index (χ4n) is 2.09. The Morgan fingerprint density at radius 1 is 1.39 bits per heavy atom. The van der Waals surface area contributed by atoms with Crippen LogP contribution in [0.25, 0.3) is 0 Å². The molecule has 2 rings (SSSR count). The number of halogens is 1. The van der Waals surface area contributed by atoms with E-state index in [2.05, 4.69) is 27.9 Å². The van der Waals surface area contributed by atoms with E-state index in [1.807, 2.05) is 38.1 Å². The Kier molecular flexibility index (Phi) is 3.89. The van der Waals surface area contributed by atoms with Gasteiger partial charge < -0.3 is 5.32 Å². The van der Waals surface area contributed by atoms with Crippen molar-refractivity contribution in [1.82, 2.24) is 4.90 Å². The first-order valence-corrected chi connectivity index (χ1v) is 6.95. The molecule has 1 fully saturated rings. The molecule has 0 bridgehead atoms. The predicted molar refractivity (Wildman–Crippen MR) is 78.2 cm³/mol. The summed E-state index contributed by atoms with van der Waals surface area (Å²) in [5.74, 6) is -0.230. The quantitative estimate of drug-likeness (QED) is 0.666. The van der Waals surface area contributed by atoms with Crippen molar-refractivity contribution in [1.29, 1.82) is 0 Å². The van der Waals surface area contributed by atoms with Gasteiger partial charge in [-0.3, -0.25) is 14.5 Å². The third-order valence-corrected chi connectivity index (χ3v) is 3.54. The lowest BCUT2D eigenvalue weighted by Crippen LogP contribution is -2.39. The summed E-state index contributed by atoms with van der Waals surface area (Å²) in [6, 6.07) is 7.25. The monoisotopic (exact) mass is 358 g/mol. The summed E-state index contributed by atoms with van der Waals surface area (Å²) < 4.78 is 1.09. The maximum Gasteiger partial charge on any atom is 0.252 e. The van der Waals surface area contributed by atoms with Gasteiger partial charge in [0.15, 0.2) is 0 Å². The third-order valence-electron chi connectivity index (χ3n) is 2.86. The smallest absolute Gasteiger partial charge is 0.252 e. The van der Waals surface area contributed by atoms with Crippen LogP contribution < -0.4 is 5.32 Å². The normalized spacial score (nSPS) is 19.8. The summed E-state index contributed by atoms with van der Waals surface area (Å²) in [4.78, 5) is 25.2. The van der Waals surface area contributed by atoms with E-state index < -0.39 is 6.04 Å². The van der Waals surface area contributed by atoms with Crippen molar-refractivity contribution in [2.45, 2.75) is 32.4 Å². The van der Waals surface area contributed by atoms with E-state index in [-0.39, 0.29) is 24.3 Å². The third kappa shape index (κ3) is 2.66. The van der Waals surface area contributed by atoms with E-state index in [0.29, 0.717) is 0 Å². The number of hydrogen-bond donors (Lipinski definition) is 1. The molecule has 1 atom stereocenters. The molecule has 96 valence electrons. The van der Waals surface area contributed by atoms with Gasteiger partial charge in [-0.05, 0) is 54.6 Å². The first kappa shape index (κ1) is 13.3. The SMILES string of the molecule is CC(C)N1C(=O)CC(Nc2cccc(I)c2)C1=O. The van der Waals surface area contributed by atoms with Crippen LogP contribution in [-0.4, -0.2) is 28.8 Å². The van der Waals surface area contributed by atoms with Crippen LogP contribution >= 0.6 is 22.6 Å². The number of amides is 2. The fourth-order valence-corrected chi connectivity index (χ4v) is 2.63. The maximum atomic E-state index is 12.1. The minimum atomic E-state index is -0.432. The summed E-state index contributed by atoms with van der Waals surface area (Å²) in [6.45, 7) is 3.70. The molecule has 5 heteroatoms. The fraction of sp³-hybridized carbons (Fsp3) is 0.385. The lowest BCUT2D eigenvalue weighted by molar-refractivity contribution is -0.140. The van der Waals surface area contributed by atoms with Gasteiger partial charge in [0.2, 0.25) is 5.91 Å². The highest BCUT2D eigenvalue weighted by atomic mass is 127. The van der Waals surface area contributed by atoms with Gasteiger partial charge in [-0.2, -0.15) is 0 Å². The first-order chi connectivity index (χ1) is 8.49. The number of nitrogens with one attached hydrogen (secondary N) is 1. The number of anilines is 1. The van der Waals surface area contributed by atoms with Crippen molar-refractivity contribution in [3.05, 3.63) is 27.8 Å². The molecule has 0 radical (unpaired) electrons. The van der Waals surface area contributed by atoms with Crippen LogP contribution in [0.2, 0.25) is 0 Å². The zero-order chi connectivity index (χ0) is 13.3. The molecular formula is C13H15IN2O2. The average molecular weight is 358 g/mol. The van der Waals surface area contributed by atoms with Gasteiger partial charge >= 0.3 is 0 Å². The maximum absolute atomic E-state index is 12.1. The van der Waals surface area contributed by atoms with Gasteiger partial charge in [0, 0.05) is 15.3 Å². The van der Waals surface area contributed by atoms with Gasteiger partial charge in [0.05, 0.1) is 6.42 Å². The molecule has 2 amide bonds. The van der Waals surface area contributed by atoms with Crippen LogP contribution in [-0.2, 0) is 9.59 Å². The number of benzene rings is 1. The number of carbonyl (C=O) groups is 2. The largest absolute Gasteiger partial charge is 0.373 e. The molecule has 4 nitrogen and oxygen atoms in total. The van der Waals surface area contributed by atoms with Gasteiger partial charge in [-0.1, -0.05) is 6.07 Å². The predicted octanol–water partition coefficient (Wildman–Crippen LogP) is 2.24. The Labute approximate surface area is 120 Å². The Bertz CT molecular complexity index is 488. The van der Waals surface area contributed by atoms with Gasteiger partial charge in [0.25, 0.3) is 5.91 Å². The summed E-state index contributed by atoms with van der Waals surface area (Å²) >= 11 is 2.21. The van der Waals surface area contributed by atoms with Crippen LogP contribution in [0, 0.1) is 3.57 Å². The number of likely N-dealkylation sites (tertiary alicyclic amines) is 1. The van der Waals surface area contributed by atoms with E-state index in [1.54, 1.807) is 0 Å². The van der Waals surface area contributed by atoms with E-state index in [9.17, 15) is 9.59 Å². The molecule has 0 aromatic heterocycles. The molecule has 1 aliphatic heterocycles. The molecule has 0 spiro atoms. The topological polar surface area (TPSA) is 49.4 Å². The molecule has 1 unspecified atom stereocenters. The highest BCUT2D eigenvalue weighted by molar-refractivity contribution is 14.1. The molecule has 18 heavy (non-hydrogen) atoms. The van der Waals surface area contributed by atoms with E-state index in [4.69, 9.17) is 0 Å². The summed E-state index contributed by atoms with van der Waals surface area (Å²) in [5.41, 5.74) is 0.874. The van der Waals surface area contributed by atoms with Crippen molar-refractivity contribution < 1.29 is 9.59 Å². The number of imide groups is 1. The van der Waals surface area contributed by atoms with Crippen molar-refractivity contribution in [2.24, 2.45) is 0 Å². The number of nitrogens with zero attached hydrogens (tertiary/aromatic N) is 1. The number of hydrogen-bond acceptors (Lipinski definition) is 3. The van der Waals surface area contributed by atoms with Gasteiger partial charge in [-0.25, -0.2) is 0 Å². The van der Waals surface area contributed by atoms with Crippen molar-refractivity contribution in [3.63, 3.8) is 0 Å². The van der Waals surface area contributed by atoms with Gasteiger partial charge in [0.1, 0.15) is 6.04 Å². The van der Waals surface area contributed by atoms with Crippen LogP contribution in [0.1, 0.15) is 20.3 Å². The molecule has 1 aromatic rings. The van der Waals surface area contributed by atoms with Gasteiger partial charge in [-0.15, -0.1) is 0 Å². The molecule has 1 aromatic carbocycles. The Morgan fingerprint density at radius 3 is 2.67 bits per heavy atom. The minimum absolute atomic E-state index is 0.0762. The highest BCUT2D eigenvalue weighted by Gasteiger charge is 2.39. The Morgan fingerprint density at radius 2 is 2.11 bits per heavy atom. The summed E-state index contributed by atoms with van der Waals surface area (Å²) in [5, 5.41) is 3.13. The summed E-state index contributed by atoms with van der Waals surface area (Å²) in [7, 11) is 0. The number of carbonyl (C=O) groups excluding carboxylic acids is 2. The average Bonchev–Trinajstić information content (AvgIpc) is 2.54. The second kappa shape index (κ2) is 5.26. The van der Waals surface area contributed by atoms with Crippen molar-refractivity contribution in [2.75, 3.05) is 5.32 Å². The second-order valence-corrected chi connectivity index (χ2v) is 5.85. The van der Waals surface area contributed by atoms with Crippen LogP contribution in [0.15, 0.2) is 24.3 Å². The lowest BCUT2D eigenvalue weighted by Gasteiger charge is -2.19. The number of rotatable bonds is 3. The molecule has 0 saturated carbocycles. The van der Waals surface area contributed by atoms with Crippen LogP contribution in [0.4, 0.5) is 5.69 Å². The molecule has 0 aliphatic carbocycles. The molecule has 1 aliphatic rings. The van der Waals surface area contributed by atoms with Crippen LogP contribution in [0.5, 0.6) is 0 Å². The summed E-state index contributed by atoms with van der Waals surface area (Å²) in [6.07, 6.45) is 0.239. The molecule has 1 heterocycles. The molecule has 1 N–H and O–H groups in total. The lowest BCUT2D eigenvalue weighted by atomic mass is 10.2. The Balaban J connectivity index is 2.12. The zero-order valence-corrected chi connectivity index (χ0v) is 12.5. The van der Waals surface area contributed by atoms with Crippen molar-refractivity contribution in [3.8, 4) is 0 Å². The van der Waals surface area contributed by atoms with Crippen LogP contribution in [0.3, 0.4) is 0 Å². The molecule has 1 saturated heterocycles. The standard InChI is InChI=1S/C13H15IN2O2/c1-8(2)16-12(17)7-11(13(16)18)15-10-5-3-4-9(14)6-10/h3-6,8,11,15H,7H2,1-2H3. The first-order valence-electron chi connectivity index (χ1n) is 5.87. The highest BCUT2D eigenvalue weighted by Crippen LogP contribution is 2.21. The Hall–Kier alpha value is -1.11. The molecular weight excluding hydrogens is 343 g/mol. The van der Waals surface area contributed by atoms with E-state index in [1.165, 1.54) is 4.90 Å². The van der Waals surface area contributed by atoms with E-state index in [0.717, 1.165) is 9.26 Å². The second-order valence-electron chi connectivity index (χ2n) is 4.61. The zero-order valence-electron chi connectivity index (χ0n) is 10.3. The van der Waals surface area contributed by atoms with E-state index >= 15 is 0 Å². The van der Waals surface area contributed by atoms with Crippen molar-refractivity contribution >= 4 is 40.1 Å².